The number of carbonyl (C=O) groups excluding carboxylic acids is 1. The number of nitrogens with one attached hydrogen (secondary N) is 1. The van der Waals surface area contributed by atoms with E-state index in [4.69, 9.17) is 5.73 Å². The van der Waals surface area contributed by atoms with Crippen LogP contribution in [0.3, 0.4) is 0 Å². The highest BCUT2D eigenvalue weighted by atomic mass is 32.1. The van der Waals surface area contributed by atoms with E-state index in [1.165, 1.54) is 17.6 Å². The van der Waals surface area contributed by atoms with Crippen molar-refractivity contribution < 1.29 is 9.18 Å². The number of nitrogens with zero attached hydrogens (tertiary/aromatic N) is 3. The number of thiophene rings is 1. The van der Waals surface area contributed by atoms with Crippen LogP contribution in [0.1, 0.15) is 32.1 Å². The summed E-state index contributed by atoms with van der Waals surface area (Å²) in [5.74, 6) is -0.949. The number of amides is 1. The van der Waals surface area contributed by atoms with Gasteiger partial charge in [-0.2, -0.15) is 9.49 Å². The number of hydrogen-bond donors (Lipinski definition) is 2. The maximum Gasteiger partial charge on any atom is 0.263 e. The number of allylic oxidation sites excluding steroid dienone is 2. The van der Waals surface area contributed by atoms with Gasteiger partial charge in [0.25, 0.3) is 5.91 Å². The van der Waals surface area contributed by atoms with E-state index in [1.807, 2.05) is 44.2 Å². The molecule has 3 aromatic rings. The molecule has 0 atom stereocenters. The van der Waals surface area contributed by atoms with Crippen molar-refractivity contribution in [3.8, 4) is 0 Å². The second-order valence-electron chi connectivity index (χ2n) is 6.72. The summed E-state index contributed by atoms with van der Waals surface area (Å²) >= 11 is 1.25. The van der Waals surface area contributed by atoms with E-state index >= 15 is 0 Å². The topological polar surface area (TPSA) is 93.3 Å². The predicted octanol–water partition coefficient (Wildman–Crippen LogP) is 4.43. The molecule has 0 radical (unpaired) electrons. The van der Waals surface area contributed by atoms with Gasteiger partial charge in [-0.3, -0.25) is 4.79 Å². The van der Waals surface area contributed by atoms with E-state index in [1.54, 1.807) is 6.08 Å². The monoisotopic (exact) mass is 423 g/mol. The van der Waals surface area contributed by atoms with E-state index < -0.39 is 5.95 Å². The number of hydrogen-bond acceptors (Lipinski definition) is 6. The summed E-state index contributed by atoms with van der Waals surface area (Å²) in [6.07, 6.45) is 5.60. The number of rotatable bonds is 7. The molecule has 0 saturated heterocycles. The maximum atomic E-state index is 12.6. The van der Waals surface area contributed by atoms with Crippen LogP contribution in [0.15, 0.2) is 53.9 Å². The maximum absolute atomic E-state index is 12.6. The minimum absolute atomic E-state index is 0.228. The third kappa shape index (κ3) is 4.96. The number of carbonyl (C=O) groups is 1. The van der Waals surface area contributed by atoms with Gasteiger partial charge in [-0.05, 0) is 49.6 Å². The standard InChI is InChI=1S/C22H22FN5OS/c1-13-14(2)27-28-22-18(13)19(24)20(30-22)21(29)26-12-17-9-7-16(8-10-17)6-4-5-11-25-15(3)23/h4-5,7-11H,3,6,12,24H2,1-2H3,(H,26,29)/b5-4-,25-11-. The highest BCUT2D eigenvalue weighted by Gasteiger charge is 2.19. The molecule has 0 aliphatic heterocycles. The summed E-state index contributed by atoms with van der Waals surface area (Å²) in [6, 6.07) is 7.86. The summed E-state index contributed by atoms with van der Waals surface area (Å²) in [6.45, 7) is 7.24. The Morgan fingerprint density at radius 3 is 2.67 bits per heavy atom. The highest BCUT2D eigenvalue weighted by molar-refractivity contribution is 7.21. The van der Waals surface area contributed by atoms with E-state index in [-0.39, 0.29) is 5.91 Å². The zero-order valence-corrected chi connectivity index (χ0v) is 17.6. The molecule has 0 fully saturated rings. The third-order valence-electron chi connectivity index (χ3n) is 4.61. The minimum atomic E-state index is -0.721. The first-order chi connectivity index (χ1) is 14.4. The third-order valence-corrected chi connectivity index (χ3v) is 5.70. The Hall–Kier alpha value is -3.39. The van der Waals surface area contributed by atoms with Gasteiger partial charge in [0.15, 0.2) is 0 Å². The van der Waals surface area contributed by atoms with Crippen molar-refractivity contribution in [3.05, 3.63) is 76.2 Å². The summed E-state index contributed by atoms with van der Waals surface area (Å²) in [4.78, 5) is 17.2. The second-order valence-corrected chi connectivity index (χ2v) is 7.72. The molecule has 1 amide bonds. The van der Waals surface area contributed by atoms with Crippen LogP contribution >= 0.6 is 11.3 Å². The van der Waals surface area contributed by atoms with Gasteiger partial charge in [0, 0.05) is 18.1 Å². The van der Waals surface area contributed by atoms with E-state index in [0.29, 0.717) is 28.4 Å². The van der Waals surface area contributed by atoms with E-state index in [9.17, 15) is 9.18 Å². The molecule has 0 aliphatic carbocycles. The smallest absolute Gasteiger partial charge is 0.263 e. The van der Waals surface area contributed by atoms with E-state index in [2.05, 4.69) is 27.1 Å². The van der Waals surface area contributed by atoms with Crippen LogP contribution in [-0.2, 0) is 13.0 Å². The molecule has 1 aromatic carbocycles. The average Bonchev–Trinajstić information content (AvgIpc) is 3.06. The predicted molar refractivity (Wildman–Crippen MR) is 120 cm³/mol. The van der Waals surface area contributed by atoms with Gasteiger partial charge < -0.3 is 11.1 Å². The Labute approximate surface area is 178 Å². The van der Waals surface area contributed by atoms with Gasteiger partial charge in [0.1, 0.15) is 9.71 Å². The molecule has 0 spiro atoms. The second kappa shape index (κ2) is 9.41. The van der Waals surface area contributed by atoms with Crippen molar-refractivity contribution in [2.45, 2.75) is 26.8 Å². The summed E-state index contributed by atoms with van der Waals surface area (Å²) < 4.78 is 12.4. The van der Waals surface area contributed by atoms with Crippen LogP contribution in [0.25, 0.3) is 10.2 Å². The average molecular weight is 424 g/mol. The number of anilines is 1. The molecule has 3 rings (SSSR count). The molecule has 2 heterocycles. The fraction of sp³-hybridized carbons (Fsp3) is 0.182. The molecular weight excluding hydrogens is 401 g/mol. The molecule has 0 saturated carbocycles. The largest absolute Gasteiger partial charge is 0.397 e. The lowest BCUT2D eigenvalue weighted by Crippen LogP contribution is -2.22. The number of benzene rings is 1. The van der Waals surface area contributed by atoms with Crippen LogP contribution in [0.2, 0.25) is 0 Å². The van der Waals surface area contributed by atoms with Gasteiger partial charge in [-0.1, -0.05) is 30.3 Å². The molecule has 8 heteroatoms. The minimum Gasteiger partial charge on any atom is -0.397 e. The highest BCUT2D eigenvalue weighted by Crippen LogP contribution is 2.34. The van der Waals surface area contributed by atoms with Gasteiger partial charge >= 0.3 is 0 Å². The van der Waals surface area contributed by atoms with Crippen LogP contribution in [-0.4, -0.2) is 22.3 Å². The number of halogens is 1. The molecular formula is C22H22FN5OS. The fourth-order valence-corrected chi connectivity index (χ4v) is 3.87. The van der Waals surface area contributed by atoms with Gasteiger partial charge in [-0.15, -0.1) is 16.4 Å². The lowest BCUT2D eigenvalue weighted by molar-refractivity contribution is 0.0956. The molecule has 0 unspecified atom stereocenters. The molecule has 30 heavy (non-hydrogen) atoms. The zero-order valence-electron chi connectivity index (χ0n) is 16.8. The number of aryl methyl sites for hydroxylation is 2. The van der Waals surface area contributed by atoms with Crippen molar-refractivity contribution in [1.82, 2.24) is 15.5 Å². The van der Waals surface area contributed by atoms with Crippen molar-refractivity contribution in [3.63, 3.8) is 0 Å². The Bertz CT molecular complexity index is 1150. The summed E-state index contributed by atoms with van der Waals surface area (Å²) in [5.41, 5.74) is 10.5. The quantitative estimate of drug-likeness (QED) is 0.434. The van der Waals surface area contributed by atoms with Crippen molar-refractivity contribution in [2.24, 2.45) is 4.99 Å². The first kappa shape index (κ1) is 21.3. The fourth-order valence-electron chi connectivity index (χ4n) is 2.85. The van der Waals surface area contributed by atoms with Crippen LogP contribution in [0, 0.1) is 13.8 Å². The molecule has 2 aromatic heterocycles. The first-order valence-corrected chi connectivity index (χ1v) is 10.1. The first-order valence-electron chi connectivity index (χ1n) is 9.28. The van der Waals surface area contributed by atoms with Gasteiger partial charge in [0.2, 0.25) is 5.95 Å². The molecule has 0 bridgehead atoms. The number of fused-ring (bicyclic) bond motifs is 1. The molecule has 0 aliphatic rings. The number of aromatic nitrogens is 2. The number of nitrogen functional groups attached to an aromatic ring is 1. The number of nitrogens with two attached hydrogens (primary N) is 1. The Morgan fingerprint density at radius 1 is 1.27 bits per heavy atom. The van der Waals surface area contributed by atoms with Gasteiger partial charge in [0.05, 0.1) is 11.4 Å². The molecule has 3 N–H and O–H groups in total. The Balaban J connectivity index is 1.61. The van der Waals surface area contributed by atoms with Crippen LogP contribution < -0.4 is 11.1 Å². The van der Waals surface area contributed by atoms with Crippen LogP contribution in [0.5, 0.6) is 0 Å². The summed E-state index contributed by atoms with van der Waals surface area (Å²) in [5, 5.41) is 12.0. The van der Waals surface area contributed by atoms with Crippen molar-refractivity contribution in [1.29, 1.82) is 0 Å². The lowest BCUT2D eigenvalue weighted by Gasteiger charge is -2.06. The van der Waals surface area contributed by atoms with E-state index in [0.717, 1.165) is 27.8 Å². The Kier molecular flexibility index (Phi) is 6.68. The molecule has 6 nitrogen and oxygen atoms in total. The molecule has 154 valence electrons. The number of aliphatic imine (C=N–C) groups is 1. The van der Waals surface area contributed by atoms with Gasteiger partial charge in [-0.25, -0.2) is 4.99 Å². The van der Waals surface area contributed by atoms with Crippen molar-refractivity contribution in [2.75, 3.05) is 5.73 Å². The normalized spacial score (nSPS) is 11.6. The van der Waals surface area contributed by atoms with Crippen molar-refractivity contribution >= 4 is 39.4 Å². The zero-order chi connectivity index (χ0) is 21.7. The van der Waals surface area contributed by atoms with Crippen LogP contribution in [0.4, 0.5) is 10.1 Å². The summed E-state index contributed by atoms with van der Waals surface area (Å²) in [7, 11) is 0. The SMILES string of the molecule is C=C(F)/N=C\C=C/Cc1ccc(CNC(=O)c2sc3nnc(C)c(C)c3c2N)cc1. The lowest BCUT2D eigenvalue weighted by atomic mass is 10.1. The Morgan fingerprint density at radius 2 is 1.97 bits per heavy atom.